The van der Waals surface area contributed by atoms with Crippen LogP contribution in [0.5, 0.6) is 0 Å². The van der Waals surface area contributed by atoms with Gasteiger partial charge in [0.25, 0.3) is 0 Å². The highest BCUT2D eigenvalue weighted by molar-refractivity contribution is 7.15. The van der Waals surface area contributed by atoms with Crippen LogP contribution in [0.2, 0.25) is 10.0 Å². The molecule has 1 saturated carbocycles. The van der Waals surface area contributed by atoms with E-state index in [2.05, 4.69) is 0 Å². The highest BCUT2D eigenvalue weighted by Gasteiger charge is 2.29. The molecule has 1 fully saturated rings. The highest BCUT2D eigenvalue weighted by atomic mass is 35.5. The molecule has 2 nitrogen and oxygen atoms in total. The van der Waals surface area contributed by atoms with Gasteiger partial charge < -0.3 is 5.73 Å². The second kappa shape index (κ2) is 4.82. The fourth-order valence-electron chi connectivity index (χ4n) is 1.99. The minimum absolute atomic E-state index is 0.553. The molecule has 0 aliphatic heterocycles. The predicted molar refractivity (Wildman–Crippen MR) is 77.4 cm³/mol. The van der Waals surface area contributed by atoms with Crippen molar-refractivity contribution in [1.29, 1.82) is 0 Å². The van der Waals surface area contributed by atoms with Crippen LogP contribution in [0.4, 0.5) is 0 Å². The van der Waals surface area contributed by atoms with E-state index in [0.717, 1.165) is 10.6 Å². The maximum Gasteiger partial charge on any atom is 0.124 e. The van der Waals surface area contributed by atoms with E-state index in [1.807, 2.05) is 12.1 Å². The predicted octanol–water partition coefficient (Wildman–Crippen LogP) is 4.45. The van der Waals surface area contributed by atoms with E-state index in [-0.39, 0.29) is 0 Å². The van der Waals surface area contributed by atoms with Gasteiger partial charge in [0.2, 0.25) is 0 Å². The molecule has 5 heteroatoms. The maximum atomic E-state index is 6.02. The van der Waals surface area contributed by atoms with E-state index in [9.17, 15) is 0 Å². The van der Waals surface area contributed by atoms with Crippen LogP contribution >= 0.6 is 34.5 Å². The summed E-state index contributed by atoms with van der Waals surface area (Å²) >= 11 is 13.7. The molecule has 0 atom stereocenters. The summed E-state index contributed by atoms with van der Waals surface area (Å²) in [5.74, 6) is 0.614. The van der Waals surface area contributed by atoms with Gasteiger partial charge in [0.05, 0.1) is 5.69 Å². The maximum absolute atomic E-state index is 6.02. The number of thiazole rings is 1. The number of rotatable bonds is 3. The van der Waals surface area contributed by atoms with E-state index in [4.69, 9.17) is 33.9 Å². The SMILES string of the molecule is NCc1sc(-c2cc(Cl)cc(Cl)c2)nc1C1CC1. The molecule has 0 saturated heterocycles. The average Bonchev–Trinajstić information content (AvgIpc) is 3.07. The molecular formula is C13H12Cl2N2S. The summed E-state index contributed by atoms with van der Waals surface area (Å²) in [6, 6.07) is 5.51. The first-order valence-electron chi connectivity index (χ1n) is 5.83. The topological polar surface area (TPSA) is 38.9 Å². The average molecular weight is 299 g/mol. The van der Waals surface area contributed by atoms with E-state index in [1.165, 1.54) is 23.4 Å². The van der Waals surface area contributed by atoms with Gasteiger partial charge in [0.1, 0.15) is 5.01 Å². The van der Waals surface area contributed by atoms with Crippen molar-refractivity contribution in [1.82, 2.24) is 4.98 Å². The Kier molecular flexibility index (Phi) is 3.32. The van der Waals surface area contributed by atoms with Gasteiger partial charge in [-0.15, -0.1) is 11.3 Å². The Hall–Kier alpha value is -0.610. The smallest absolute Gasteiger partial charge is 0.124 e. The Balaban J connectivity index is 2.05. The molecule has 3 rings (SSSR count). The molecule has 1 heterocycles. The third kappa shape index (κ3) is 2.41. The minimum atomic E-state index is 0.553. The van der Waals surface area contributed by atoms with Crippen LogP contribution in [0.1, 0.15) is 29.3 Å². The molecule has 18 heavy (non-hydrogen) atoms. The quantitative estimate of drug-likeness (QED) is 0.909. The molecule has 0 radical (unpaired) electrons. The van der Waals surface area contributed by atoms with Crippen LogP contribution < -0.4 is 5.73 Å². The summed E-state index contributed by atoms with van der Waals surface area (Å²) in [4.78, 5) is 5.90. The number of halogens is 2. The lowest BCUT2D eigenvalue weighted by molar-refractivity contribution is 0.980. The molecular weight excluding hydrogens is 287 g/mol. The molecule has 0 spiro atoms. The highest BCUT2D eigenvalue weighted by Crippen LogP contribution is 2.44. The first kappa shape index (κ1) is 12.4. The van der Waals surface area contributed by atoms with Gasteiger partial charge in [0.15, 0.2) is 0 Å². The summed E-state index contributed by atoms with van der Waals surface area (Å²) < 4.78 is 0. The number of hydrogen-bond donors (Lipinski definition) is 1. The summed E-state index contributed by atoms with van der Waals surface area (Å²) in [5.41, 5.74) is 7.93. The van der Waals surface area contributed by atoms with Crippen molar-refractivity contribution in [3.05, 3.63) is 38.8 Å². The number of aromatic nitrogens is 1. The van der Waals surface area contributed by atoms with Gasteiger partial charge >= 0.3 is 0 Å². The van der Waals surface area contributed by atoms with E-state index < -0.39 is 0 Å². The molecule has 2 N–H and O–H groups in total. The van der Waals surface area contributed by atoms with Gasteiger partial charge in [-0.3, -0.25) is 0 Å². The Morgan fingerprint density at radius 2 is 1.89 bits per heavy atom. The monoisotopic (exact) mass is 298 g/mol. The molecule has 1 aromatic carbocycles. The number of nitrogens with zero attached hydrogens (tertiary/aromatic N) is 1. The summed E-state index contributed by atoms with van der Waals surface area (Å²) in [5, 5.41) is 2.23. The second-order valence-electron chi connectivity index (χ2n) is 4.46. The van der Waals surface area contributed by atoms with Crippen LogP contribution in [-0.4, -0.2) is 4.98 Å². The standard InChI is InChI=1S/C13H12Cl2N2S/c14-9-3-8(4-10(15)5-9)13-17-12(7-1-2-7)11(6-16)18-13/h3-5,7H,1-2,6,16H2. The van der Waals surface area contributed by atoms with Crippen molar-refractivity contribution in [3.63, 3.8) is 0 Å². The fourth-order valence-corrected chi connectivity index (χ4v) is 3.53. The number of hydrogen-bond acceptors (Lipinski definition) is 3. The Morgan fingerprint density at radius 3 is 2.44 bits per heavy atom. The summed E-state index contributed by atoms with van der Waals surface area (Å²) in [6.07, 6.45) is 2.46. The van der Waals surface area contributed by atoms with Gasteiger partial charge in [-0.05, 0) is 31.0 Å². The molecule has 0 amide bonds. The normalized spacial score (nSPS) is 15.1. The molecule has 1 aliphatic carbocycles. The number of nitrogens with two attached hydrogens (primary N) is 1. The van der Waals surface area contributed by atoms with Crippen LogP contribution in [0.15, 0.2) is 18.2 Å². The van der Waals surface area contributed by atoms with Gasteiger partial charge in [-0.1, -0.05) is 23.2 Å². The van der Waals surface area contributed by atoms with Gasteiger partial charge in [-0.2, -0.15) is 0 Å². The lowest BCUT2D eigenvalue weighted by Gasteiger charge is -1.98. The van der Waals surface area contributed by atoms with E-state index in [1.54, 1.807) is 17.4 Å². The Bertz CT molecular complexity index is 570. The zero-order valence-electron chi connectivity index (χ0n) is 9.62. The van der Waals surface area contributed by atoms with E-state index in [0.29, 0.717) is 22.5 Å². The number of benzene rings is 1. The van der Waals surface area contributed by atoms with E-state index >= 15 is 0 Å². The van der Waals surface area contributed by atoms with Crippen molar-refractivity contribution >= 4 is 34.5 Å². The van der Waals surface area contributed by atoms with Crippen molar-refractivity contribution < 1.29 is 0 Å². The van der Waals surface area contributed by atoms with Gasteiger partial charge in [0, 0.05) is 32.9 Å². The zero-order valence-corrected chi connectivity index (χ0v) is 11.9. The molecule has 1 aromatic heterocycles. The first-order valence-corrected chi connectivity index (χ1v) is 7.40. The molecule has 0 unspecified atom stereocenters. The molecule has 1 aliphatic rings. The molecule has 2 aromatic rings. The summed E-state index contributed by atoms with van der Waals surface area (Å²) in [6.45, 7) is 0.553. The van der Waals surface area contributed by atoms with Crippen LogP contribution in [0, 0.1) is 0 Å². The third-order valence-corrected chi connectivity index (χ3v) is 4.57. The molecule has 0 bridgehead atoms. The largest absolute Gasteiger partial charge is 0.326 e. The summed E-state index contributed by atoms with van der Waals surface area (Å²) in [7, 11) is 0. The van der Waals surface area contributed by atoms with Crippen LogP contribution in [0.25, 0.3) is 10.6 Å². The van der Waals surface area contributed by atoms with Crippen molar-refractivity contribution in [2.75, 3.05) is 0 Å². The molecule has 94 valence electrons. The lowest BCUT2D eigenvalue weighted by atomic mass is 10.2. The first-order chi connectivity index (χ1) is 8.67. The second-order valence-corrected chi connectivity index (χ2v) is 6.42. The lowest BCUT2D eigenvalue weighted by Crippen LogP contribution is -1.96. The van der Waals surface area contributed by atoms with Gasteiger partial charge in [-0.25, -0.2) is 4.98 Å². The minimum Gasteiger partial charge on any atom is -0.326 e. The van der Waals surface area contributed by atoms with Crippen molar-refractivity contribution in [3.8, 4) is 10.6 Å². The van der Waals surface area contributed by atoms with Crippen LogP contribution in [-0.2, 0) is 6.54 Å². The Morgan fingerprint density at radius 1 is 1.22 bits per heavy atom. The zero-order chi connectivity index (χ0) is 12.7. The van der Waals surface area contributed by atoms with Crippen LogP contribution in [0.3, 0.4) is 0 Å². The third-order valence-electron chi connectivity index (χ3n) is 2.99. The Labute approximate surface area is 120 Å². The van der Waals surface area contributed by atoms with Crippen molar-refractivity contribution in [2.24, 2.45) is 5.73 Å². The van der Waals surface area contributed by atoms with Crippen molar-refractivity contribution in [2.45, 2.75) is 25.3 Å². The fraction of sp³-hybridized carbons (Fsp3) is 0.308.